The Bertz CT molecular complexity index is 454. The van der Waals surface area contributed by atoms with Gasteiger partial charge in [-0.15, -0.1) is 12.4 Å². The second kappa shape index (κ2) is 11.4. The van der Waals surface area contributed by atoms with Gasteiger partial charge in [0.15, 0.2) is 0 Å². The molecule has 1 rings (SSSR count). The first-order chi connectivity index (χ1) is 10.6. The van der Waals surface area contributed by atoms with Crippen LogP contribution in [0.5, 0.6) is 0 Å². The third kappa shape index (κ3) is 6.13. The van der Waals surface area contributed by atoms with Crippen molar-refractivity contribution in [2.45, 2.75) is 53.2 Å². The molecular formula is C18H31ClN2O2. The number of benzene rings is 1. The zero-order chi connectivity index (χ0) is 16.4. The van der Waals surface area contributed by atoms with Gasteiger partial charge in [0.1, 0.15) is 0 Å². The van der Waals surface area contributed by atoms with Crippen LogP contribution in [-0.4, -0.2) is 19.1 Å². The van der Waals surface area contributed by atoms with Crippen LogP contribution < -0.4 is 11.1 Å². The molecule has 4 nitrogen and oxygen atoms in total. The molecule has 0 aromatic heterocycles. The summed E-state index contributed by atoms with van der Waals surface area (Å²) in [6.45, 7) is 8.37. The van der Waals surface area contributed by atoms with Crippen LogP contribution in [0.3, 0.4) is 0 Å². The molecule has 0 radical (unpaired) electrons. The van der Waals surface area contributed by atoms with E-state index in [1.807, 2.05) is 38.1 Å². The molecular weight excluding hydrogens is 312 g/mol. The molecule has 0 atom stereocenters. The van der Waals surface area contributed by atoms with E-state index >= 15 is 0 Å². The first-order valence-electron chi connectivity index (χ1n) is 8.26. The van der Waals surface area contributed by atoms with Gasteiger partial charge in [-0.1, -0.05) is 45.0 Å². The van der Waals surface area contributed by atoms with Crippen molar-refractivity contribution < 1.29 is 9.53 Å². The average Bonchev–Trinajstić information content (AvgIpc) is 2.56. The quantitative estimate of drug-likeness (QED) is 0.640. The minimum absolute atomic E-state index is 0. The van der Waals surface area contributed by atoms with Crippen LogP contribution >= 0.6 is 12.4 Å². The number of hydrogen-bond donors (Lipinski definition) is 2. The van der Waals surface area contributed by atoms with Crippen molar-refractivity contribution in [3.8, 4) is 0 Å². The number of halogens is 1. The van der Waals surface area contributed by atoms with Gasteiger partial charge in [-0.05, 0) is 30.4 Å². The maximum atomic E-state index is 12.5. The number of amides is 1. The Hall–Kier alpha value is -1.10. The molecule has 0 bridgehead atoms. The van der Waals surface area contributed by atoms with E-state index < -0.39 is 5.41 Å². The minimum atomic E-state index is -0.451. The highest BCUT2D eigenvalue weighted by molar-refractivity contribution is 5.85. The number of rotatable bonds is 10. The summed E-state index contributed by atoms with van der Waals surface area (Å²) in [5, 5.41) is 3.05. The van der Waals surface area contributed by atoms with Crippen molar-refractivity contribution in [1.29, 1.82) is 0 Å². The number of ether oxygens (including phenoxy) is 1. The lowest BCUT2D eigenvalue weighted by molar-refractivity contribution is -0.131. The summed E-state index contributed by atoms with van der Waals surface area (Å²) in [4.78, 5) is 12.5. The van der Waals surface area contributed by atoms with Gasteiger partial charge in [0.2, 0.25) is 5.91 Å². The maximum absolute atomic E-state index is 12.5. The molecule has 0 spiro atoms. The second-order valence-corrected chi connectivity index (χ2v) is 5.70. The lowest BCUT2D eigenvalue weighted by Gasteiger charge is -2.28. The number of nitrogens with two attached hydrogens (primary N) is 1. The summed E-state index contributed by atoms with van der Waals surface area (Å²) >= 11 is 0. The Morgan fingerprint density at radius 1 is 1.17 bits per heavy atom. The summed E-state index contributed by atoms with van der Waals surface area (Å²) in [7, 11) is 0. The van der Waals surface area contributed by atoms with Gasteiger partial charge >= 0.3 is 0 Å². The lowest BCUT2D eigenvalue weighted by atomic mass is 9.81. The van der Waals surface area contributed by atoms with Crippen molar-refractivity contribution in [2.24, 2.45) is 11.1 Å². The van der Waals surface area contributed by atoms with E-state index in [1.54, 1.807) is 0 Å². The van der Waals surface area contributed by atoms with Crippen LogP contribution in [-0.2, 0) is 22.7 Å². The topological polar surface area (TPSA) is 64.3 Å². The van der Waals surface area contributed by atoms with Crippen molar-refractivity contribution in [2.75, 3.05) is 13.2 Å². The van der Waals surface area contributed by atoms with E-state index in [1.165, 1.54) is 0 Å². The third-order valence-corrected chi connectivity index (χ3v) is 4.39. The largest absolute Gasteiger partial charge is 0.377 e. The molecule has 1 aromatic carbocycles. The molecule has 0 unspecified atom stereocenters. The predicted molar refractivity (Wildman–Crippen MR) is 97.6 cm³/mol. The molecule has 5 heteroatoms. The summed E-state index contributed by atoms with van der Waals surface area (Å²) < 4.78 is 5.61. The van der Waals surface area contributed by atoms with E-state index in [-0.39, 0.29) is 18.3 Å². The van der Waals surface area contributed by atoms with Gasteiger partial charge in [-0.2, -0.15) is 0 Å². The summed E-state index contributed by atoms with van der Waals surface area (Å²) in [6.07, 6.45) is 2.52. The molecule has 1 aromatic rings. The average molecular weight is 343 g/mol. The summed E-state index contributed by atoms with van der Waals surface area (Å²) in [5.41, 5.74) is 7.61. The monoisotopic (exact) mass is 342 g/mol. The van der Waals surface area contributed by atoms with Crippen molar-refractivity contribution >= 4 is 18.3 Å². The fourth-order valence-corrected chi connectivity index (χ4v) is 2.51. The Balaban J connectivity index is 0.00000484. The maximum Gasteiger partial charge on any atom is 0.227 e. The van der Waals surface area contributed by atoms with Crippen molar-refractivity contribution in [1.82, 2.24) is 5.32 Å². The zero-order valence-corrected chi connectivity index (χ0v) is 15.4. The third-order valence-electron chi connectivity index (χ3n) is 4.39. The Morgan fingerprint density at radius 2 is 1.78 bits per heavy atom. The van der Waals surface area contributed by atoms with Gasteiger partial charge in [-0.25, -0.2) is 0 Å². The fourth-order valence-electron chi connectivity index (χ4n) is 2.51. The molecule has 0 saturated heterocycles. The molecule has 0 aliphatic carbocycles. The highest BCUT2D eigenvalue weighted by Crippen LogP contribution is 2.25. The molecule has 0 saturated carbocycles. The molecule has 132 valence electrons. The SMILES string of the molecule is CCCOCc1ccccc1CNC(=O)C(CC)(CC)CN.Cl. The van der Waals surface area contributed by atoms with Gasteiger partial charge in [0, 0.05) is 19.7 Å². The van der Waals surface area contributed by atoms with Gasteiger partial charge in [-0.3, -0.25) is 4.79 Å². The smallest absolute Gasteiger partial charge is 0.227 e. The van der Waals surface area contributed by atoms with E-state index in [0.29, 0.717) is 19.7 Å². The first-order valence-corrected chi connectivity index (χ1v) is 8.26. The standard InChI is InChI=1S/C18H30N2O2.ClH/c1-4-11-22-13-16-10-8-7-9-15(16)12-20-17(21)18(5-2,6-3)14-19;/h7-10H,4-6,11-14,19H2,1-3H3,(H,20,21);1H. The predicted octanol–water partition coefficient (Wildman–Crippen LogP) is 3.42. The molecule has 0 fully saturated rings. The van der Waals surface area contributed by atoms with Gasteiger partial charge < -0.3 is 15.8 Å². The number of hydrogen-bond acceptors (Lipinski definition) is 3. The molecule has 0 aliphatic heterocycles. The summed E-state index contributed by atoms with van der Waals surface area (Å²) in [6, 6.07) is 8.07. The van der Waals surface area contributed by atoms with Crippen LogP contribution in [0.1, 0.15) is 51.2 Å². The Labute approximate surface area is 146 Å². The number of nitrogens with one attached hydrogen (secondary N) is 1. The fraction of sp³-hybridized carbons (Fsp3) is 0.611. The molecule has 0 heterocycles. The minimum Gasteiger partial charge on any atom is -0.377 e. The zero-order valence-electron chi connectivity index (χ0n) is 14.6. The molecule has 0 aliphatic rings. The van der Waals surface area contributed by atoms with Gasteiger partial charge in [0.05, 0.1) is 12.0 Å². The molecule has 23 heavy (non-hydrogen) atoms. The number of carbonyl (C=O) groups is 1. The van der Waals surface area contributed by atoms with Crippen molar-refractivity contribution in [3.63, 3.8) is 0 Å². The molecule has 1 amide bonds. The lowest BCUT2D eigenvalue weighted by Crippen LogP contribution is -2.45. The molecule has 3 N–H and O–H groups in total. The van der Waals surface area contributed by atoms with Crippen LogP contribution in [0, 0.1) is 5.41 Å². The van der Waals surface area contributed by atoms with Crippen molar-refractivity contribution in [3.05, 3.63) is 35.4 Å². The van der Waals surface area contributed by atoms with E-state index in [4.69, 9.17) is 10.5 Å². The van der Waals surface area contributed by atoms with E-state index in [0.717, 1.165) is 37.0 Å². The van der Waals surface area contributed by atoms with E-state index in [9.17, 15) is 4.79 Å². The second-order valence-electron chi connectivity index (χ2n) is 5.70. The van der Waals surface area contributed by atoms with E-state index in [2.05, 4.69) is 12.2 Å². The van der Waals surface area contributed by atoms with Gasteiger partial charge in [0.25, 0.3) is 0 Å². The Kier molecular flexibility index (Phi) is 10.9. The first kappa shape index (κ1) is 21.9. The highest BCUT2D eigenvalue weighted by Gasteiger charge is 2.32. The normalized spacial score (nSPS) is 11.0. The van der Waals surface area contributed by atoms with Crippen LogP contribution in [0.25, 0.3) is 0 Å². The summed E-state index contributed by atoms with van der Waals surface area (Å²) in [5.74, 6) is 0.0456. The highest BCUT2D eigenvalue weighted by atomic mass is 35.5. The van der Waals surface area contributed by atoms with Crippen LogP contribution in [0.15, 0.2) is 24.3 Å². The Morgan fingerprint density at radius 3 is 2.30 bits per heavy atom. The number of carbonyl (C=O) groups excluding carboxylic acids is 1. The van der Waals surface area contributed by atoms with Crippen LogP contribution in [0.4, 0.5) is 0 Å². The van der Waals surface area contributed by atoms with Crippen LogP contribution in [0.2, 0.25) is 0 Å².